The van der Waals surface area contributed by atoms with Crippen molar-refractivity contribution in [3.8, 4) is 0 Å². The molecule has 1 heterocycles. The van der Waals surface area contributed by atoms with Crippen molar-refractivity contribution in [3.05, 3.63) is 60.2 Å². The number of aromatic amines is 1. The molecule has 0 aliphatic carbocycles. The molecule has 2 aromatic rings. The highest BCUT2D eigenvalue weighted by Crippen LogP contribution is 2.19. The molecule has 35 heavy (non-hydrogen) atoms. The van der Waals surface area contributed by atoms with Gasteiger partial charge in [0.25, 0.3) is 5.91 Å². The molecular formula is C26H37N5O4. The molecule has 0 radical (unpaired) electrons. The molecule has 0 saturated carbocycles. The highest BCUT2D eigenvalue weighted by atomic mass is 16.5. The molecular weight excluding hydrogens is 446 g/mol. The molecule has 1 aromatic carbocycles. The lowest BCUT2D eigenvalue weighted by atomic mass is 10.1. The van der Waals surface area contributed by atoms with Gasteiger partial charge in [0.15, 0.2) is 0 Å². The number of imidazole rings is 1. The van der Waals surface area contributed by atoms with E-state index in [1.54, 1.807) is 17.8 Å². The average molecular weight is 484 g/mol. The number of nitrogens with zero attached hydrogens (tertiary/aromatic N) is 3. The minimum atomic E-state index is -1.11. The zero-order valence-electron chi connectivity index (χ0n) is 21.0. The van der Waals surface area contributed by atoms with Crippen molar-refractivity contribution >= 4 is 23.8 Å². The summed E-state index contributed by atoms with van der Waals surface area (Å²) in [5.41, 5.74) is 3.22. The minimum Gasteiger partial charge on any atom is -0.348 e. The number of amides is 3. The number of carbonyl (C=O) groups is 3. The molecule has 9 heteroatoms. The summed E-state index contributed by atoms with van der Waals surface area (Å²) < 4.78 is 0. The van der Waals surface area contributed by atoms with Gasteiger partial charge in [-0.1, -0.05) is 70.2 Å². The quantitative estimate of drug-likeness (QED) is 0.315. The van der Waals surface area contributed by atoms with E-state index >= 15 is 0 Å². The van der Waals surface area contributed by atoms with Gasteiger partial charge in [0, 0.05) is 24.9 Å². The van der Waals surface area contributed by atoms with Gasteiger partial charge in [0.05, 0.1) is 12.7 Å². The molecule has 9 nitrogen and oxygen atoms in total. The van der Waals surface area contributed by atoms with Gasteiger partial charge in [-0.2, -0.15) is 0 Å². The lowest BCUT2D eigenvalue weighted by Crippen LogP contribution is -2.59. The van der Waals surface area contributed by atoms with Crippen molar-refractivity contribution in [2.75, 3.05) is 6.54 Å². The largest absolute Gasteiger partial charge is 0.348 e. The predicted octanol–water partition coefficient (Wildman–Crippen LogP) is 3.59. The molecule has 3 amide bonds. The second-order valence-corrected chi connectivity index (χ2v) is 9.33. The van der Waals surface area contributed by atoms with Crippen LogP contribution in [0.2, 0.25) is 0 Å². The van der Waals surface area contributed by atoms with Crippen LogP contribution < -0.4 is 5.48 Å². The third-order valence-electron chi connectivity index (χ3n) is 5.35. The predicted molar refractivity (Wildman–Crippen MR) is 134 cm³/mol. The Morgan fingerprint density at radius 2 is 1.80 bits per heavy atom. The molecule has 1 atom stereocenters. The molecule has 0 saturated heterocycles. The van der Waals surface area contributed by atoms with Gasteiger partial charge in [0.1, 0.15) is 6.04 Å². The van der Waals surface area contributed by atoms with Gasteiger partial charge in [-0.05, 0) is 30.2 Å². The number of aromatic nitrogens is 2. The summed E-state index contributed by atoms with van der Waals surface area (Å²) in [7, 11) is 0. The van der Waals surface area contributed by atoms with Gasteiger partial charge < -0.3 is 4.98 Å². The first-order valence-corrected chi connectivity index (χ1v) is 12.0. The molecule has 0 bridgehead atoms. The average Bonchev–Trinajstić information content (AvgIpc) is 3.34. The standard InChI is InChI=1S/C26H37N5O4/c1-19(2)13-14-24(32)31(30(17-20(3)4)25(33)15-22-16-27-18-28-22)23(26(34)29-35)12-8-11-21-9-6-5-7-10-21/h5-11,16,18-20,23,35H,12-15,17H2,1-4H3,(H,27,28)(H,29,34)/t23-/m0/s1. The first-order chi connectivity index (χ1) is 16.7. The summed E-state index contributed by atoms with van der Waals surface area (Å²) in [4.78, 5) is 46.6. The van der Waals surface area contributed by atoms with Crippen molar-refractivity contribution in [2.24, 2.45) is 11.8 Å². The fourth-order valence-electron chi connectivity index (χ4n) is 3.58. The van der Waals surface area contributed by atoms with E-state index < -0.39 is 11.9 Å². The van der Waals surface area contributed by atoms with Crippen molar-refractivity contribution in [1.82, 2.24) is 25.5 Å². The number of hydrogen-bond acceptors (Lipinski definition) is 5. The zero-order chi connectivity index (χ0) is 25.8. The van der Waals surface area contributed by atoms with E-state index in [2.05, 4.69) is 9.97 Å². The van der Waals surface area contributed by atoms with Crippen LogP contribution >= 0.6 is 0 Å². The maximum atomic E-state index is 13.5. The topological polar surface area (TPSA) is 119 Å². The van der Waals surface area contributed by atoms with Crippen LogP contribution in [0.15, 0.2) is 48.9 Å². The van der Waals surface area contributed by atoms with Crippen molar-refractivity contribution in [3.63, 3.8) is 0 Å². The van der Waals surface area contributed by atoms with Crippen LogP contribution in [0.4, 0.5) is 0 Å². The summed E-state index contributed by atoms with van der Waals surface area (Å²) in [5.74, 6) is -1.16. The van der Waals surface area contributed by atoms with Crippen molar-refractivity contribution < 1.29 is 19.6 Å². The fourth-order valence-corrected chi connectivity index (χ4v) is 3.58. The lowest BCUT2D eigenvalue weighted by molar-refractivity contribution is -0.175. The Morgan fingerprint density at radius 3 is 2.37 bits per heavy atom. The molecule has 0 unspecified atom stereocenters. The molecule has 2 rings (SSSR count). The minimum absolute atomic E-state index is 0.00595. The number of carbonyl (C=O) groups excluding carboxylic acids is 3. The Morgan fingerprint density at radius 1 is 1.09 bits per heavy atom. The maximum absolute atomic E-state index is 13.5. The van der Waals surface area contributed by atoms with Gasteiger partial charge in [-0.15, -0.1) is 0 Å². The fraction of sp³-hybridized carbons (Fsp3) is 0.462. The number of hydroxylamine groups is 1. The third-order valence-corrected chi connectivity index (χ3v) is 5.35. The third kappa shape index (κ3) is 9.01. The Balaban J connectivity index is 2.42. The van der Waals surface area contributed by atoms with E-state index in [9.17, 15) is 19.6 Å². The van der Waals surface area contributed by atoms with E-state index in [0.717, 1.165) is 5.56 Å². The van der Waals surface area contributed by atoms with Crippen molar-refractivity contribution in [2.45, 2.75) is 59.4 Å². The Bertz CT molecular complexity index is 957. The normalized spacial score (nSPS) is 12.2. The molecule has 0 spiro atoms. The summed E-state index contributed by atoms with van der Waals surface area (Å²) in [6.07, 6.45) is 7.52. The first kappa shape index (κ1) is 27.8. The number of rotatable bonds is 12. The molecule has 3 N–H and O–H groups in total. The van der Waals surface area contributed by atoms with Crippen LogP contribution in [0.25, 0.3) is 6.08 Å². The zero-order valence-corrected chi connectivity index (χ0v) is 21.0. The summed E-state index contributed by atoms with van der Waals surface area (Å²) in [5, 5.41) is 12.1. The smallest absolute Gasteiger partial charge is 0.268 e. The number of hydrazine groups is 1. The van der Waals surface area contributed by atoms with E-state index in [-0.39, 0.29) is 49.5 Å². The summed E-state index contributed by atoms with van der Waals surface area (Å²) >= 11 is 0. The monoisotopic (exact) mass is 483 g/mol. The van der Waals surface area contributed by atoms with Gasteiger partial charge >= 0.3 is 0 Å². The summed E-state index contributed by atoms with van der Waals surface area (Å²) in [6.45, 7) is 8.12. The Hall–Kier alpha value is -3.46. The van der Waals surface area contributed by atoms with Crippen LogP contribution in [0, 0.1) is 11.8 Å². The molecule has 190 valence electrons. The molecule has 0 aliphatic heterocycles. The Kier molecular flexibility index (Phi) is 11.2. The second-order valence-electron chi connectivity index (χ2n) is 9.33. The van der Waals surface area contributed by atoms with Gasteiger partial charge in [-0.25, -0.2) is 15.5 Å². The molecule has 1 aromatic heterocycles. The van der Waals surface area contributed by atoms with Crippen LogP contribution in [-0.4, -0.2) is 55.5 Å². The van der Waals surface area contributed by atoms with Crippen LogP contribution in [-0.2, 0) is 20.8 Å². The highest BCUT2D eigenvalue weighted by molar-refractivity contribution is 5.89. The van der Waals surface area contributed by atoms with E-state index in [1.807, 2.05) is 64.1 Å². The first-order valence-electron chi connectivity index (χ1n) is 12.0. The van der Waals surface area contributed by atoms with Gasteiger partial charge in [0.2, 0.25) is 11.8 Å². The number of benzene rings is 1. The molecule has 0 aliphatic rings. The number of nitrogens with one attached hydrogen (secondary N) is 2. The highest BCUT2D eigenvalue weighted by Gasteiger charge is 2.36. The molecule has 0 fully saturated rings. The van der Waals surface area contributed by atoms with Crippen LogP contribution in [0.3, 0.4) is 0 Å². The summed E-state index contributed by atoms with van der Waals surface area (Å²) in [6, 6.07) is 8.44. The SMILES string of the molecule is CC(C)CCC(=O)N([C@@H](CC=Cc1ccccc1)C(=O)NO)N(CC(C)C)C(=O)Cc1cnc[nH]1. The van der Waals surface area contributed by atoms with E-state index in [4.69, 9.17) is 0 Å². The number of hydrogen-bond donors (Lipinski definition) is 3. The van der Waals surface area contributed by atoms with E-state index in [1.165, 1.54) is 16.3 Å². The second kappa shape index (κ2) is 14.1. The lowest BCUT2D eigenvalue weighted by Gasteiger charge is -2.40. The maximum Gasteiger partial charge on any atom is 0.268 e. The van der Waals surface area contributed by atoms with Gasteiger partial charge in [-0.3, -0.25) is 24.6 Å². The van der Waals surface area contributed by atoms with Crippen LogP contribution in [0.1, 0.15) is 58.2 Å². The Labute approximate surface area is 207 Å². The number of H-pyrrole nitrogens is 1. The van der Waals surface area contributed by atoms with E-state index in [0.29, 0.717) is 12.1 Å². The van der Waals surface area contributed by atoms with Crippen molar-refractivity contribution in [1.29, 1.82) is 0 Å². The van der Waals surface area contributed by atoms with Crippen LogP contribution in [0.5, 0.6) is 0 Å².